The number of anilines is 1. The number of halogens is 3. The van der Waals surface area contributed by atoms with E-state index in [0.717, 1.165) is 41.1 Å². The van der Waals surface area contributed by atoms with Crippen LogP contribution < -0.4 is 5.32 Å². The summed E-state index contributed by atoms with van der Waals surface area (Å²) in [5, 5.41) is 12.3. The molecule has 0 unspecified atom stereocenters. The summed E-state index contributed by atoms with van der Waals surface area (Å²) in [6.45, 7) is 5.78. The van der Waals surface area contributed by atoms with Crippen molar-refractivity contribution in [3.8, 4) is 11.5 Å². The Bertz CT molecular complexity index is 1600. The highest BCUT2D eigenvalue weighted by atomic mass is 19.4. The van der Waals surface area contributed by atoms with E-state index in [-0.39, 0.29) is 5.56 Å². The van der Waals surface area contributed by atoms with Crippen molar-refractivity contribution in [3.05, 3.63) is 89.0 Å². The zero-order valence-corrected chi connectivity index (χ0v) is 19.5. The molecule has 0 aliphatic rings. The second kappa shape index (κ2) is 8.59. The predicted octanol–water partition coefficient (Wildman–Crippen LogP) is 5.20. The van der Waals surface area contributed by atoms with Gasteiger partial charge in [-0.1, -0.05) is 12.1 Å². The van der Waals surface area contributed by atoms with Gasteiger partial charge in [-0.15, -0.1) is 0 Å². The van der Waals surface area contributed by atoms with Gasteiger partial charge in [-0.3, -0.25) is 4.79 Å². The first-order chi connectivity index (χ1) is 17.1. The molecule has 5 rings (SSSR count). The lowest BCUT2D eigenvalue weighted by molar-refractivity contribution is -0.137. The Morgan fingerprint density at radius 1 is 0.972 bits per heavy atom. The number of aromatic nitrogens is 6. The van der Waals surface area contributed by atoms with Crippen LogP contribution in [-0.2, 0) is 6.18 Å². The van der Waals surface area contributed by atoms with Gasteiger partial charge in [-0.05, 0) is 62.2 Å². The van der Waals surface area contributed by atoms with Gasteiger partial charge in [0, 0.05) is 11.6 Å². The van der Waals surface area contributed by atoms with Crippen LogP contribution in [0.3, 0.4) is 0 Å². The molecular formula is C25H20F3N7O. The third-order valence-electron chi connectivity index (χ3n) is 5.90. The molecule has 11 heteroatoms. The number of hydrogen-bond donors (Lipinski definition) is 1. The number of nitrogens with zero attached hydrogens (tertiary/aromatic N) is 6. The van der Waals surface area contributed by atoms with Crippen LogP contribution in [-0.4, -0.2) is 35.4 Å². The summed E-state index contributed by atoms with van der Waals surface area (Å²) < 4.78 is 41.8. The average Bonchev–Trinajstić information content (AvgIpc) is 3.43. The Balaban J connectivity index is 1.52. The lowest BCUT2D eigenvalue weighted by atomic mass is 10.1. The minimum absolute atomic E-state index is 0.0731. The van der Waals surface area contributed by atoms with Gasteiger partial charge in [0.2, 0.25) is 0 Å². The molecule has 36 heavy (non-hydrogen) atoms. The van der Waals surface area contributed by atoms with Crippen molar-refractivity contribution in [1.29, 1.82) is 0 Å². The Kier molecular flexibility index (Phi) is 5.54. The van der Waals surface area contributed by atoms with Crippen molar-refractivity contribution in [3.63, 3.8) is 0 Å². The van der Waals surface area contributed by atoms with Gasteiger partial charge < -0.3 is 5.32 Å². The third-order valence-corrected chi connectivity index (χ3v) is 5.90. The van der Waals surface area contributed by atoms with E-state index in [9.17, 15) is 18.0 Å². The first-order valence-corrected chi connectivity index (χ1v) is 10.9. The summed E-state index contributed by atoms with van der Waals surface area (Å²) in [7, 11) is 0. The molecule has 182 valence electrons. The quantitative estimate of drug-likeness (QED) is 0.373. The van der Waals surface area contributed by atoms with Gasteiger partial charge in [0.15, 0.2) is 11.5 Å². The lowest BCUT2D eigenvalue weighted by Gasteiger charge is -2.11. The molecule has 0 aliphatic carbocycles. The van der Waals surface area contributed by atoms with Gasteiger partial charge in [0.1, 0.15) is 12.1 Å². The number of hydrogen-bond acceptors (Lipinski definition) is 5. The summed E-state index contributed by atoms with van der Waals surface area (Å²) in [5.74, 6) is 0.116. The number of aryl methyl sites for hydroxylation is 2. The van der Waals surface area contributed by atoms with E-state index in [0.29, 0.717) is 28.4 Å². The van der Waals surface area contributed by atoms with Crippen LogP contribution in [0.1, 0.15) is 32.7 Å². The molecule has 3 heterocycles. The second-order valence-electron chi connectivity index (χ2n) is 8.32. The van der Waals surface area contributed by atoms with E-state index < -0.39 is 17.6 Å². The first kappa shape index (κ1) is 23.2. The number of benzene rings is 2. The van der Waals surface area contributed by atoms with Crippen molar-refractivity contribution in [2.45, 2.75) is 26.9 Å². The molecule has 0 fully saturated rings. The number of carbonyl (C=O) groups excluding carboxylic acids is 1. The standard InChI is InChI=1S/C25H20F3N7O/c1-14-5-4-6-20(16(14)3)34-22-19(12-31-34)23(30-13-29-22)35-21(11-15(2)33-35)32-24(36)17-7-9-18(10-8-17)25(26,27)28/h4-13H,1-3H3,(H,32,36). The highest BCUT2D eigenvalue weighted by molar-refractivity contribution is 6.04. The molecule has 0 bridgehead atoms. The average molecular weight is 491 g/mol. The van der Waals surface area contributed by atoms with Crippen LogP contribution in [0.15, 0.2) is 61.1 Å². The molecule has 1 N–H and O–H groups in total. The SMILES string of the molecule is Cc1cc(NC(=O)c2ccc(C(F)(F)F)cc2)n(-c2ncnc3c2cnn3-c2cccc(C)c2C)n1. The topological polar surface area (TPSA) is 90.5 Å². The molecule has 0 spiro atoms. The van der Waals surface area contributed by atoms with Crippen LogP contribution in [0.5, 0.6) is 0 Å². The van der Waals surface area contributed by atoms with Gasteiger partial charge >= 0.3 is 6.18 Å². The van der Waals surface area contributed by atoms with E-state index in [2.05, 4.69) is 25.5 Å². The van der Waals surface area contributed by atoms with Gasteiger partial charge in [-0.2, -0.15) is 28.1 Å². The van der Waals surface area contributed by atoms with Gasteiger partial charge in [-0.25, -0.2) is 14.6 Å². The van der Waals surface area contributed by atoms with Crippen molar-refractivity contribution < 1.29 is 18.0 Å². The zero-order chi connectivity index (χ0) is 25.6. The summed E-state index contributed by atoms with van der Waals surface area (Å²) in [6, 6.07) is 11.5. The van der Waals surface area contributed by atoms with Crippen LogP contribution in [0.2, 0.25) is 0 Å². The van der Waals surface area contributed by atoms with E-state index in [1.807, 2.05) is 32.0 Å². The van der Waals surface area contributed by atoms with Gasteiger partial charge in [0.05, 0.1) is 28.5 Å². The van der Waals surface area contributed by atoms with E-state index >= 15 is 0 Å². The van der Waals surface area contributed by atoms with Crippen LogP contribution in [0.25, 0.3) is 22.5 Å². The largest absolute Gasteiger partial charge is 0.416 e. The van der Waals surface area contributed by atoms with Crippen molar-refractivity contribution in [2.24, 2.45) is 0 Å². The molecule has 0 aliphatic heterocycles. The van der Waals surface area contributed by atoms with Crippen LogP contribution >= 0.6 is 0 Å². The number of alkyl halides is 3. The second-order valence-corrected chi connectivity index (χ2v) is 8.32. The Hall–Kier alpha value is -4.54. The lowest BCUT2D eigenvalue weighted by Crippen LogP contribution is -2.16. The number of carbonyl (C=O) groups is 1. The minimum Gasteiger partial charge on any atom is -0.306 e. The highest BCUT2D eigenvalue weighted by Gasteiger charge is 2.30. The molecule has 5 aromatic rings. The molecule has 0 saturated carbocycles. The molecule has 8 nitrogen and oxygen atoms in total. The fraction of sp³-hybridized carbons (Fsp3) is 0.160. The van der Waals surface area contributed by atoms with E-state index in [1.54, 1.807) is 23.9 Å². The molecule has 2 aromatic carbocycles. The molecule has 1 amide bonds. The normalized spacial score (nSPS) is 11.7. The molecule has 0 atom stereocenters. The zero-order valence-electron chi connectivity index (χ0n) is 19.5. The molecule has 3 aromatic heterocycles. The smallest absolute Gasteiger partial charge is 0.306 e. The number of rotatable bonds is 4. The minimum atomic E-state index is -4.48. The molecule has 0 radical (unpaired) electrons. The van der Waals surface area contributed by atoms with E-state index in [4.69, 9.17) is 0 Å². The number of nitrogens with one attached hydrogen (secondary N) is 1. The maximum absolute atomic E-state index is 12.9. The van der Waals surface area contributed by atoms with Gasteiger partial charge in [0.25, 0.3) is 5.91 Å². The molecule has 0 saturated heterocycles. The molecular weight excluding hydrogens is 471 g/mol. The van der Waals surface area contributed by atoms with Crippen molar-refractivity contribution in [2.75, 3.05) is 5.32 Å². The first-order valence-electron chi connectivity index (χ1n) is 10.9. The monoisotopic (exact) mass is 491 g/mol. The fourth-order valence-corrected chi connectivity index (χ4v) is 3.89. The fourth-order valence-electron chi connectivity index (χ4n) is 3.89. The maximum Gasteiger partial charge on any atom is 0.416 e. The number of amides is 1. The summed E-state index contributed by atoms with van der Waals surface area (Å²) >= 11 is 0. The van der Waals surface area contributed by atoms with Crippen molar-refractivity contribution >= 4 is 22.8 Å². The Morgan fingerprint density at radius 2 is 1.72 bits per heavy atom. The predicted molar refractivity (Wildman–Crippen MR) is 127 cm³/mol. The Labute approximate surface area is 203 Å². The highest BCUT2D eigenvalue weighted by Crippen LogP contribution is 2.30. The maximum atomic E-state index is 12.9. The summed E-state index contributed by atoms with van der Waals surface area (Å²) in [6.07, 6.45) is -1.46. The Morgan fingerprint density at radius 3 is 2.44 bits per heavy atom. The number of fused-ring (bicyclic) bond motifs is 1. The van der Waals surface area contributed by atoms with Crippen LogP contribution in [0, 0.1) is 20.8 Å². The van der Waals surface area contributed by atoms with Crippen molar-refractivity contribution in [1.82, 2.24) is 29.5 Å². The summed E-state index contributed by atoms with van der Waals surface area (Å²) in [5.41, 5.74) is 3.45. The summed E-state index contributed by atoms with van der Waals surface area (Å²) in [4.78, 5) is 21.6. The third kappa shape index (κ3) is 4.08. The van der Waals surface area contributed by atoms with Crippen LogP contribution in [0.4, 0.5) is 19.0 Å². The van der Waals surface area contributed by atoms with E-state index in [1.165, 1.54) is 11.0 Å².